The van der Waals surface area contributed by atoms with Gasteiger partial charge in [-0.3, -0.25) is 0 Å². The standard InChI is InChI=1S/C27H44O3/c1-19-9-12-23(29)17-22(19)11-10-21-8-6-16-27(18-28)24(13-14-25(21)27)20(2)7-5-15-26(3,4)30/h10-11,20,23-25,28-30H,1,5-9,12-18H2,2-4H3/b21-10+,22-11-/t20-,23+,24-,25+,27+/m1/s1. The van der Waals surface area contributed by atoms with Gasteiger partial charge in [-0.2, -0.15) is 0 Å². The highest BCUT2D eigenvalue weighted by Crippen LogP contribution is 2.60. The van der Waals surface area contributed by atoms with Crippen LogP contribution < -0.4 is 0 Å². The summed E-state index contributed by atoms with van der Waals surface area (Å²) < 4.78 is 0. The van der Waals surface area contributed by atoms with Crippen LogP contribution in [0.1, 0.15) is 91.4 Å². The lowest BCUT2D eigenvalue weighted by atomic mass is 9.60. The van der Waals surface area contributed by atoms with Crippen molar-refractivity contribution in [3.05, 3.63) is 35.5 Å². The summed E-state index contributed by atoms with van der Waals surface area (Å²) in [6.07, 6.45) is 15.6. The zero-order valence-electron chi connectivity index (χ0n) is 19.5. The van der Waals surface area contributed by atoms with E-state index in [1.807, 2.05) is 13.8 Å². The fraction of sp³-hybridized carbons (Fsp3) is 0.778. The van der Waals surface area contributed by atoms with E-state index in [0.717, 1.165) is 57.8 Å². The Balaban J connectivity index is 1.73. The lowest BCUT2D eigenvalue weighted by Crippen LogP contribution is -2.41. The van der Waals surface area contributed by atoms with Crippen molar-refractivity contribution in [2.75, 3.05) is 6.61 Å². The van der Waals surface area contributed by atoms with Crippen LogP contribution >= 0.6 is 0 Å². The van der Waals surface area contributed by atoms with Crippen molar-refractivity contribution >= 4 is 0 Å². The molecule has 3 fully saturated rings. The lowest BCUT2D eigenvalue weighted by Gasteiger charge is -2.46. The van der Waals surface area contributed by atoms with Crippen LogP contribution in [0.15, 0.2) is 35.5 Å². The van der Waals surface area contributed by atoms with E-state index in [1.54, 1.807) is 0 Å². The van der Waals surface area contributed by atoms with Crippen molar-refractivity contribution < 1.29 is 15.3 Å². The fourth-order valence-corrected chi connectivity index (χ4v) is 6.70. The number of allylic oxidation sites excluding steroid dienone is 4. The summed E-state index contributed by atoms with van der Waals surface area (Å²) in [5, 5.41) is 30.7. The number of rotatable bonds is 7. The average Bonchev–Trinajstić information content (AvgIpc) is 3.08. The summed E-state index contributed by atoms with van der Waals surface area (Å²) in [6.45, 7) is 10.6. The summed E-state index contributed by atoms with van der Waals surface area (Å²) in [7, 11) is 0. The zero-order chi connectivity index (χ0) is 21.9. The molecule has 3 N–H and O–H groups in total. The smallest absolute Gasteiger partial charge is 0.0591 e. The Bertz CT molecular complexity index is 668. The van der Waals surface area contributed by atoms with Crippen molar-refractivity contribution in [3.8, 4) is 0 Å². The quantitative estimate of drug-likeness (QED) is 0.498. The molecule has 0 spiro atoms. The third kappa shape index (κ3) is 5.29. The molecule has 3 nitrogen and oxygen atoms in total. The molecule has 0 unspecified atom stereocenters. The Labute approximate surface area is 184 Å². The molecule has 3 aliphatic carbocycles. The highest BCUT2D eigenvalue weighted by atomic mass is 16.3. The van der Waals surface area contributed by atoms with Crippen molar-refractivity contribution in [1.29, 1.82) is 0 Å². The monoisotopic (exact) mass is 416 g/mol. The van der Waals surface area contributed by atoms with Crippen LogP contribution in [0.2, 0.25) is 0 Å². The van der Waals surface area contributed by atoms with Crippen LogP contribution in [0.3, 0.4) is 0 Å². The number of fused-ring (bicyclic) bond motifs is 1. The normalized spacial score (nSPS) is 36.3. The second-order valence-corrected chi connectivity index (χ2v) is 11.1. The molecular formula is C27H44O3. The molecule has 5 atom stereocenters. The van der Waals surface area contributed by atoms with E-state index in [1.165, 1.54) is 29.6 Å². The van der Waals surface area contributed by atoms with Gasteiger partial charge in [-0.1, -0.05) is 49.6 Å². The summed E-state index contributed by atoms with van der Waals surface area (Å²) in [6, 6.07) is 0. The van der Waals surface area contributed by atoms with E-state index in [4.69, 9.17) is 0 Å². The molecule has 0 amide bonds. The molecule has 0 aromatic heterocycles. The van der Waals surface area contributed by atoms with E-state index >= 15 is 0 Å². The second kappa shape index (κ2) is 9.71. The molecule has 0 bridgehead atoms. The van der Waals surface area contributed by atoms with Gasteiger partial charge in [0.1, 0.15) is 0 Å². The van der Waals surface area contributed by atoms with Crippen LogP contribution in [0, 0.1) is 23.2 Å². The molecule has 3 heteroatoms. The molecule has 3 rings (SSSR count). The van der Waals surface area contributed by atoms with Crippen LogP contribution in [-0.4, -0.2) is 33.6 Å². The van der Waals surface area contributed by atoms with Gasteiger partial charge in [-0.05, 0) is 95.0 Å². The molecule has 0 aromatic carbocycles. The minimum absolute atomic E-state index is 0.0276. The first-order valence-corrected chi connectivity index (χ1v) is 12.3. The minimum atomic E-state index is -0.586. The van der Waals surface area contributed by atoms with E-state index in [9.17, 15) is 15.3 Å². The Kier molecular flexibility index (Phi) is 7.69. The molecule has 0 radical (unpaired) electrons. The maximum atomic E-state index is 10.6. The molecule has 0 heterocycles. The number of aliphatic hydroxyl groups is 3. The maximum absolute atomic E-state index is 10.6. The molecule has 3 aliphatic rings. The predicted molar refractivity (Wildman–Crippen MR) is 124 cm³/mol. The molecular weight excluding hydrogens is 372 g/mol. The van der Waals surface area contributed by atoms with Crippen molar-refractivity contribution in [3.63, 3.8) is 0 Å². The van der Waals surface area contributed by atoms with Crippen LogP contribution in [0.25, 0.3) is 0 Å². The van der Waals surface area contributed by atoms with Crippen molar-refractivity contribution in [2.45, 2.75) is 103 Å². The third-order valence-corrected chi connectivity index (χ3v) is 8.37. The predicted octanol–water partition coefficient (Wildman–Crippen LogP) is 5.71. The van der Waals surface area contributed by atoms with E-state index in [-0.39, 0.29) is 18.1 Å². The first kappa shape index (κ1) is 23.8. The summed E-state index contributed by atoms with van der Waals surface area (Å²) in [5.74, 6) is 1.63. The van der Waals surface area contributed by atoms with Gasteiger partial charge >= 0.3 is 0 Å². The van der Waals surface area contributed by atoms with E-state index < -0.39 is 5.60 Å². The number of hydrogen-bond donors (Lipinski definition) is 3. The first-order valence-electron chi connectivity index (χ1n) is 12.3. The first-order chi connectivity index (χ1) is 14.2. The van der Waals surface area contributed by atoms with Gasteiger partial charge in [0, 0.05) is 12.0 Å². The molecule has 0 saturated heterocycles. The molecule has 30 heavy (non-hydrogen) atoms. The largest absolute Gasteiger partial charge is 0.396 e. The minimum Gasteiger partial charge on any atom is -0.396 e. The Morgan fingerprint density at radius 1 is 1.20 bits per heavy atom. The van der Waals surface area contributed by atoms with Gasteiger partial charge in [-0.25, -0.2) is 0 Å². The summed E-state index contributed by atoms with van der Waals surface area (Å²) in [4.78, 5) is 0. The Hall–Kier alpha value is -0.900. The fourth-order valence-electron chi connectivity index (χ4n) is 6.70. The number of aliphatic hydroxyl groups excluding tert-OH is 2. The van der Waals surface area contributed by atoms with Gasteiger partial charge in [0.05, 0.1) is 11.7 Å². The zero-order valence-corrected chi connectivity index (χ0v) is 19.5. The SMILES string of the molecule is C=C1CC[C@H](O)C/C1=C/C=C1\CCC[C@]2(CO)[C@@H]([C@H](C)CCCC(C)(C)O)CC[C@@H]12. The molecule has 170 valence electrons. The molecule has 3 saturated carbocycles. The van der Waals surface area contributed by atoms with E-state index in [0.29, 0.717) is 17.8 Å². The van der Waals surface area contributed by atoms with Crippen LogP contribution in [-0.2, 0) is 0 Å². The highest BCUT2D eigenvalue weighted by Gasteiger charge is 2.53. The van der Waals surface area contributed by atoms with Gasteiger partial charge in [-0.15, -0.1) is 0 Å². The lowest BCUT2D eigenvalue weighted by molar-refractivity contribution is 0.00550. The molecule has 0 aliphatic heterocycles. The van der Waals surface area contributed by atoms with Crippen LogP contribution in [0.4, 0.5) is 0 Å². The maximum Gasteiger partial charge on any atom is 0.0591 e. The topological polar surface area (TPSA) is 60.7 Å². The van der Waals surface area contributed by atoms with Gasteiger partial charge in [0.25, 0.3) is 0 Å². The molecule has 0 aromatic rings. The van der Waals surface area contributed by atoms with E-state index in [2.05, 4.69) is 25.7 Å². The van der Waals surface area contributed by atoms with Gasteiger partial charge < -0.3 is 15.3 Å². The van der Waals surface area contributed by atoms with Crippen molar-refractivity contribution in [1.82, 2.24) is 0 Å². The summed E-state index contributed by atoms with van der Waals surface area (Å²) in [5.41, 5.74) is 3.32. The average molecular weight is 417 g/mol. The Morgan fingerprint density at radius 2 is 1.97 bits per heavy atom. The Morgan fingerprint density at radius 3 is 2.67 bits per heavy atom. The van der Waals surface area contributed by atoms with Gasteiger partial charge in [0.2, 0.25) is 0 Å². The highest BCUT2D eigenvalue weighted by molar-refractivity contribution is 5.36. The number of hydrogen-bond acceptors (Lipinski definition) is 3. The van der Waals surface area contributed by atoms with Crippen molar-refractivity contribution in [2.24, 2.45) is 23.2 Å². The second-order valence-electron chi connectivity index (χ2n) is 11.1. The summed E-state index contributed by atoms with van der Waals surface area (Å²) >= 11 is 0. The third-order valence-electron chi connectivity index (χ3n) is 8.37. The van der Waals surface area contributed by atoms with Gasteiger partial charge in [0.15, 0.2) is 0 Å². The van der Waals surface area contributed by atoms with Crippen LogP contribution in [0.5, 0.6) is 0 Å².